The van der Waals surface area contributed by atoms with Gasteiger partial charge < -0.3 is 9.30 Å². The largest absolute Gasteiger partial charge is 0.476 e. The standard InChI is InChI=1S/C17H13N3O3/c21-20(22)15-6-4-13(5-7-15)17(11-19-9-8-18-12-19)14-2-1-3-16(10-14)23-17/h1-10,12H,11H2. The van der Waals surface area contributed by atoms with Crippen LogP contribution in [0.3, 0.4) is 0 Å². The van der Waals surface area contributed by atoms with Gasteiger partial charge in [-0.3, -0.25) is 10.1 Å². The summed E-state index contributed by atoms with van der Waals surface area (Å²) in [5, 5.41) is 10.9. The maximum absolute atomic E-state index is 10.9. The molecule has 6 nitrogen and oxygen atoms in total. The van der Waals surface area contributed by atoms with E-state index in [9.17, 15) is 10.1 Å². The van der Waals surface area contributed by atoms with Gasteiger partial charge in [0.25, 0.3) is 5.69 Å². The molecular weight excluding hydrogens is 294 g/mol. The van der Waals surface area contributed by atoms with Crippen LogP contribution in [-0.2, 0) is 12.1 Å². The van der Waals surface area contributed by atoms with Crippen LogP contribution in [0.1, 0.15) is 11.1 Å². The van der Waals surface area contributed by atoms with Crippen LogP contribution in [0.4, 0.5) is 5.69 Å². The van der Waals surface area contributed by atoms with E-state index in [-0.39, 0.29) is 5.69 Å². The summed E-state index contributed by atoms with van der Waals surface area (Å²) in [6.45, 7) is 0.540. The van der Waals surface area contributed by atoms with Crippen LogP contribution in [0, 0.1) is 10.1 Å². The number of benzene rings is 2. The second kappa shape index (κ2) is 4.95. The van der Waals surface area contributed by atoms with E-state index in [1.54, 1.807) is 24.7 Å². The third kappa shape index (κ3) is 2.15. The Morgan fingerprint density at radius 2 is 2.00 bits per heavy atom. The fourth-order valence-corrected chi connectivity index (χ4v) is 3.00. The van der Waals surface area contributed by atoms with Gasteiger partial charge in [0, 0.05) is 35.7 Å². The number of nitro benzene ring substituents is 1. The summed E-state index contributed by atoms with van der Waals surface area (Å²) in [6.07, 6.45) is 5.32. The first-order chi connectivity index (χ1) is 11.2. The van der Waals surface area contributed by atoms with Crippen molar-refractivity contribution in [2.24, 2.45) is 0 Å². The molecule has 114 valence electrons. The average molecular weight is 307 g/mol. The van der Waals surface area contributed by atoms with Gasteiger partial charge in [-0.2, -0.15) is 0 Å². The number of nitro groups is 1. The molecule has 6 heteroatoms. The zero-order valence-electron chi connectivity index (χ0n) is 12.1. The number of hydrogen-bond donors (Lipinski definition) is 0. The van der Waals surface area contributed by atoms with E-state index >= 15 is 0 Å². The van der Waals surface area contributed by atoms with Crippen molar-refractivity contribution in [1.82, 2.24) is 9.55 Å². The van der Waals surface area contributed by atoms with Gasteiger partial charge in [-0.05, 0) is 24.3 Å². The van der Waals surface area contributed by atoms with Gasteiger partial charge in [0.15, 0.2) is 5.60 Å². The van der Waals surface area contributed by atoms with Crippen molar-refractivity contribution in [1.29, 1.82) is 0 Å². The van der Waals surface area contributed by atoms with Crippen molar-refractivity contribution in [2.45, 2.75) is 12.1 Å². The van der Waals surface area contributed by atoms with Crippen molar-refractivity contribution in [3.8, 4) is 5.75 Å². The minimum absolute atomic E-state index is 0.0660. The molecule has 1 aromatic heterocycles. The van der Waals surface area contributed by atoms with E-state index in [0.29, 0.717) is 6.54 Å². The number of hydrogen-bond acceptors (Lipinski definition) is 4. The SMILES string of the molecule is O=[N+]([O-])c1ccc(C2(Cn3ccnc3)Oc3cccc2c3)cc1. The number of imidazole rings is 1. The Morgan fingerprint density at radius 3 is 2.65 bits per heavy atom. The molecule has 0 amide bonds. The van der Waals surface area contributed by atoms with E-state index in [1.807, 2.05) is 35.0 Å². The first-order valence-electron chi connectivity index (χ1n) is 7.18. The summed E-state index contributed by atoms with van der Waals surface area (Å²) in [7, 11) is 0. The molecule has 2 heterocycles. The topological polar surface area (TPSA) is 70.2 Å². The molecule has 4 rings (SSSR count). The molecule has 3 aromatic rings. The summed E-state index contributed by atoms with van der Waals surface area (Å²) >= 11 is 0. The Kier molecular flexibility index (Phi) is 2.90. The number of aromatic nitrogens is 2. The highest BCUT2D eigenvalue weighted by Crippen LogP contribution is 2.43. The first kappa shape index (κ1) is 13.5. The molecule has 0 saturated heterocycles. The van der Waals surface area contributed by atoms with Gasteiger partial charge in [0.05, 0.1) is 17.8 Å². The van der Waals surface area contributed by atoms with E-state index in [0.717, 1.165) is 16.9 Å². The molecule has 0 N–H and O–H groups in total. The molecule has 23 heavy (non-hydrogen) atoms. The smallest absolute Gasteiger partial charge is 0.269 e. The van der Waals surface area contributed by atoms with Crippen LogP contribution in [0.25, 0.3) is 0 Å². The normalized spacial score (nSPS) is 18.6. The average Bonchev–Trinajstić information content (AvgIpc) is 3.15. The van der Waals surface area contributed by atoms with Gasteiger partial charge in [-0.15, -0.1) is 0 Å². The van der Waals surface area contributed by atoms with E-state index in [4.69, 9.17) is 4.74 Å². The van der Waals surface area contributed by atoms with Crippen molar-refractivity contribution in [2.75, 3.05) is 0 Å². The summed E-state index contributed by atoms with van der Waals surface area (Å²) in [5.41, 5.74) is 1.26. The maximum atomic E-state index is 10.9. The van der Waals surface area contributed by atoms with Gasteiger partial charge >= 0.3 is 0 Å². The molecule has 2 bridgehead atoms. The van der Waals surface area contributed by atoms with Crippen LogP contribution >= 0.6 is 0 Å². The molecule has 0 fully saturated rings. The van der Waals surface area contributed by atoms with Crippen LogP contribution in [0.2, 0.25) is 0 Å². The predicted molar refractivity (Wildman–Crippen MR) is 83.2 cm³/mol. The summed E-state index contributed by atoms with van der Waals surface area (Å²) in [5.74, 6) is 0.793. The minimum atomic E-state index is -0.700. The van der Waals surface area contributed by atoms with Crippen molar-refractivity contribution in [3.05, 3.63) is 88.5 Å². The second-order valence-electron chi connectivity index (χ2n) is 5.50. The lowest BCUT2D eigenvalue weighted by atomic mass is 9.87. The van der Waals surface area contributed by atoms with E-state index in [2.05, 4.69) is 4.98 Å². The third-order valence-corrected chi connectivity index (χ3v) is 4.10. The number of nitrogens with zero attached hydrogens (tertiary/aromatic N) is 3. The summed E-state index contributed by atoms with van der Waals surface area (Å²) < 4.78 is 8.16. The zero-order chi connectivity index (χ0) is 15.9. The van der Waals surface area contributed by atoms with E-state index < -0.39 is 10.5 Å². The molecule has 0 aliphatic carbocycles. The number of fused-ring (bicyclic) bond motifs is 2. The highest BCUT2D eigenvalue weighted by atomic mass is 16.6. The van der Waals surface area contributed by atoms with Gasteiger partial charge in [-0.25, -0.2) is 4.98 Å². The molecule has 0 saturated carbocycles. The highest BCUT2D eigenvalue weighted by Gasteiger charge is 2.41. The number of non-ortho nitro benzene ring substituents is 1. The highest BCUT2D eigenvalue weighted by molar-refractivity contribution is 5.48. The monoisotopic (exact) mass is 307 g/mol. The molecule has 0 spiro atoms. The fourth-order valence-electron chi connectivity index (χ4n) is 3.00. The van der Waals surface area contributed by atoms with E-state index in [1.165, 1.54) is 12.1 Å². The summed E-state index contributed by atoms with van der Waals surface area (Å²) in [4.78, 5) is 14.6. The van der Waals surface area contributed by atoms with Gasteiger partial charge in [0.1, 0.15) is 5.75 Å². The molecule has 1 aliphatic rings. The Balaban J connectivity index is 1.81. The van der Waals surface area contributed by atoms with Gasteiger partial charge in [0.2, 0.25) is 0 Å². The number of ether oxygens (including phenoxy) is 1. The Labute approximate surface area is 132 Å². The predicted octanol–water partition coefficient (Wildman–Crippen LogP) is 3.13. The lowest BCUT2D eigenvalue weighted by Gasteiger charge is -2.30. The zero-order valence-corrected chi connectivity index (χ0v) is 12.1. The Bertz CT molecular complexity index is 859. The summed E-state index contributed by atoms with van der Waals surface area (Å²) in [6, 6.07) is 14.4. The lowest BCUT2D eigenvalue weighted by molar-refractivity contribution is -0.384. The minimum Gasteiger partial charge on any atom is -0.476 e. The van der Waals surface area contributed by atoms with Crippen molar-refractivity contribution < 1.29 is 9.66 Å². The molecule has 1 atom stereocenters. The Hall–Kier alpha value is -3.15. The number of rotatable bonds is 4. The molecule has 1 unspecified atom stereocenters. The first-order valence-corrected chi connectivity index (χ1v) is 7.18. The second-order valence-corrected chi connectivity index (χ2v) is 5.50. The van der Waals surface area contributed by atoms with Crippen LogP contribution in [-0.4, -0.2) is 14.5 Å². The van der Waals surface area contributed by atoms with Crippen LogP contribution in [0.15, 0.2) is 67.3 Å². The fraction of sp³-hybridized carbons (Fsp3) is 0.118. The molecule has 2 aromatic carbocycles. The van der Waals surface area contributed by atoms with Gasteiger partial charge in [-0.1, -0.05) is 12.1 Å². The lowest BCUT2D eigenvalue weighted by Crippen LogP contribution is -2.36. The quantitative estimate of drug-likeness (QED) is 0.548. The molecule has 0 radical (unpaired) electrons. The van der Waals surface area contributed by atoms with Crippen molar-refractivity contribution >= 4 is 5.69 Å². The molecule has 1 aliphatic heterocycles. The Morgan fingerprint density at radius 1 is 1.17 bits per heavy atom. The van der Waals surface area contributed by atoms with Crippen LogP contribution in [0.5, 0.6) is 5.75 Å². The third-order valence-electron chi connectivity index (χ3n) is 4.10. The molecular formula is C17H13N3O3. The van der Waals surface area contributed by atoms with Crippen LogP contribution < -0.4 is 4.74 Å². The maximum Gasteiger partial charge on any atom is 0.269 e. The van der Waals surface area contributed by atoms with Crippen molar-refractivity contribution in [3.63, 3.8) is 0 Å².